The Morgan fingerprint density at radius 1 is 1.02 bits per heavy atom. The van der Waals surface area contributed by atoms with Gasteiger partial charge >= 0.3 is 0 Å². The molecule has 0 radical (unpaired) electrons. The number of nitrogens with one attached hydrogen (secondary N) is 4. The number of nitrogens with zero attached hydrogens (tertiary/aromatic N) is 1. The number of aromatic nitrogens is 1. The smallest absolute Gasteiger partial charge is 0.255 e. The van der Waals surface area contributed by atoms with Gasteiger partial charge in [-0.25, -0.2) is 17.2 Å². The maximum absolute atomic E-state index is 14.4. The van der Waals surface area contributed by atoms with Gasteiger partial charge in [0.05, 0.1) is 23.5 Å². The summed E-state index contributed by atoms with van der Waals surface area (Å²) in [5.41, 5.74) is 3.49. The van der Waals surface area contributed by atoms with E-state index in [1.807, 2.05) is 0 Å². The molecule has 6 rings (SSSR count). The number of piperazine rings is 1. The molecule has 1 aliphatic rings. The molecular formula is C30H29F2N5O4S. The van der Waals surface area contributed by atoms with Crippen LogP contribution in [0.2, 0.25) is 0 Å². The number of hydrogen-bond donors (Lipinski definition) is 4. The Kier molecular flexibility index (Phi) is 7.00. The van der Waals surface area contributed by atoms with E-state index in [1.165, 1.54) is 48.7 Å². The number of carbonyl (C=O) groups is 1. The number of furan rings is 1. The van der Waals surface area contributed by atoms with E-state index in [4.69, 9.17) is 4.42 Å². The fourth-order valence-electron chi connectivity index (χ4n) is 5.49. The van der Waals surface area contributed by atoms with Crippen LogP contribution < -0.4 is 20.3 Å². The van der Waals surface area contributed by atoms with Crippen molar-refractivity contribution in [2.24, 2.45) is 0 Å². The van der Waals surface area contributed by atoms with Crippen LogP contribution in [0.15, 0.2) is 65.1 Å². The summed E-state index contributed by atoms with van der Waals surface area (Å²) in [5.74, 6) is -0.923. The van der Waals surface area contributed by atoms with Crippen LogP contribution in [0.25, 0.3) is 33.2 Å². The van der Waals surface area contributed by atoms with Gasteiger partial charge in [-0.05, 0) is 54.1 Å². The van der Waals surface area contributed by atoms with Crippen molar-refractivity contribution in [2.75, 3.05) is 37.7 Å². The van der Waals surface area contributed by atoms with E-state index in [0.29, 0.717) is 51.8 Å². The minimum Gasteiger partial charge on any atom is -0.455 e. The van der Waals surface area contributed by atoms with Gasteiger partial charge < -0.3 is 20.0 Å². The summed E-state index contributed by atoms with van der Waals surface area (Å²) in [6, 6.07) is 14.9. The molecule has 2 atom stereocenters. The fraction of sp³-hybridized carbons (Fsp3) is 0.233. The van der Waals surface area contributed by atoms with Gasteiger partial charge in [-0.3, -0.25) is 14.4 Å². The van der Waals surface area contributed by atoms with Crippen LogP contribution in [-0.4, -0.2) is 52.7 Å². The lowest BCUT2D eigenvalue weighted by Gasteiger charge is -2.34. The maximum atomic E-state index is 14.4. The number of halogens is 2. The predicted octanol–water partition coefficient (Wildman–Crippen LogP) is 4.59. The van der Waals surface area contributed by atoms with E-state index in [0.717, 1.165) is 11.9 Å². The summed E-state index contributed by atoms with van der Waals surface area (Å²) in [4.78, 5) is 16.4. The molecule has 3 heterocycles. The number of amides is 1. The number of H-pyrrole nitrogens is 1. The standard InChI is InChI=1S/C30H29F2N5O4S/c1-33-30(38)28-20-11-19(24-14-34-15-25(36-24)23-12-18-21(32)5-4-6-22(18)35-23)26(37(2)42(3,39)40)13-27(20)41-29(28)16-7-9-17(31)10-8-16/h4-13,24-25,34-36H,14-15H2,1-3H3,(H,33,38). The second kappa shape index (κ2) is 10.5. The van der Waals surface area contributed by atoms with Crippen LogP contribution >= 0.6 is 0 Å². The molecule has 2 unspecified atom stereocenters. The van der Waals surface area contributed by atoms with Crippen LogP contribution in [0.3, 0.4) is 0 Å². The molecule has 1 fully saturated rings. The van der Waals surface area contributed by atoms with Gasteiger partial charge in [0.25, 0.3) is 5.91 Å². The minimum absolute atomic E-state index is 0.238. The molecular weight excluding hydrogens is 564 g/mol. The SMILES string of the molecule is CNC(=O)c1c(-c2ccc(F)cc2)oc2cc(N(C)S(C)(=O)=O)c(C3CNCC(c4cc5c(F)cccc5[nH]4)N3)cc12. The van der Waals surface area contributed by atoms with E-state index in [9.17, 15) is 22.0 Å². The first kappa shape index (κ1) is 27.9. The lowest BCUT2D eigenvalue weighted by atomic mass is 9.96. The molecule has 0 bridgehead atoms. The summed E-state index contributed by atoms with van der Waals surface area (Å²) < 4.78 is 60.8. The summed E-state index contributed by atoms with van der Waals surface area (Å²) in [6.07, 6.45) is 1.11. The van der Waals surface area contributed by atoms with Gasteiger partial charge in [0.2, 0.25) is 10.0 Å². The van der Waals surface area contributed by atoms with Crippen LogP contribution in [0, 0.1) is 11.6 Å². The molecule has 3 aromatic carbocycles. The monoisotopic (exact) mass is 593 g/mol. The van der Waals surface area contributed by atoms with Gasteiger partial charge in [-0.2, -0.15) is 0 Å². The number of hydrogen-bond acceptors (Lipinski definition) is 6. The van der Waals surface area contributed by atoms with Crippen molar-refractivity contribution in [3.05, 3.63) is 89.1 Å². The van der Waals surface area contributed by atoms with E-state index >= 15 is 0 Å². The largest absolute Gasteiger partial charge is 0.455 e. The Balaban J connectivity index is 1.50. The Labute approximate surface area is 240 Å². The third-order valence-corrected chi connectivity index (χ3v) is 8.91. The molecule has 0 aliphatic carbocycles. The Bertz CT molecular complexity index is 1930. The number of benzene rings is 3. The van der Waals surface area contributed by atoms with Crippen molar-refractivity contribution in [3.8, 4) is 11.3 Å². The van der Waals surface area contributed by atoms with E-state index in [1.54, 1.807) is 30.3 Å². The highest BCUT2D eigenvalue weighted by molar-refractivity contribution is 7.92. The summed E-state index contributed by atoms with van der Waals surface area (Å²) in [7, 11) is -0.721. The minimum atomic E-state index is -3.68. The van der Waals surface area contributed by atoms with Crippen LogP contribution in [0.4, 0.5) is 14.5 Å². The zero-order valence-corrected chi connectivity index (χ0v) is 23.9. The van der Waals surface area contributed by atoms with E-state index in [-0.39, 0.29) is 23.2 Å². The van der Waals surface area contributed by atoms with Crippen LogP contribution in [0.5, 0.6) is 0 Å². The Morgan fingerprint density at radius 2 is 1.76 bits per heavy atom. The molecule has 0 spiro atoms. The molecule has 1 aliphatic heterocycles. The summed E-state index contributed by atoms with van der Waals surface area (Å²) >= 11 is 0. The number of carbonyl (C=O) groups excluding carboxylic acids is 1. The highest BCUT2D eigenvalue weighted by Gasteiger charge is 2.31. The van der Waals surface area contributed by atoms with Crippen molar-refractivity contribution < 1.29 is 26.4 Å². The maximum Gasteiger partial charge on any atom is 0.255 e. The quantitative estimate of drug-likeness (QED) is 0.229. The van der Waals surface area contributed by atoms with Crippen molar-refractivity contribution in [3.63, 3.8) is 0 Å². The normalized spacial score (nSPS) is 17.5. The summed E-state index contributed by atoms with van der Waals surface area (Å²) in [5, 5.41) is 10.6. The van der Waals surface area contributed by atoms with Crippen molar-refractivity contribution in [2.45, 2.75) is 12.1 Å². The van der Waals surface area contributed by atoms with Gasteiger partial charge in [0, 0.05) is 66.8 Å². The van der Waals surface area contributed by atoms with Crippen LogP contribution in [-0.2, 0) is 10.0 Å². The van der Waals surface area contributed by atoms with Crippen LogP contribution in [0.1, 0.15) is 33.7 Å². The second-order valence-electron chi connectivity index (χ2n) is 10.4. The first-order valence-electron chi connectivity index (χ1n) is 13.3. The first-order chi connectivity index (χ1) is 20.0. The molecule has 218 valence electrons. The Morgan fingerprint density at radius 3 is 2.45 bits per heavy atom. The zero-order chi connectivity index (χ0) is 29.8. The lowest BCUT2D eigenvalue weighted by Crippen LogP contribution is -2.45. The highest BCUT2D eigenvalue weighted by Crippen LogP contribution is 2.40. The fourth-order valence-corrected chi connectivity index (χ4v) is 6.01. The van der Waals surface area contributed by atoms with Gasteiger partial charge in [0.1, 0.15) is 23.0 Å². The molecule has 4 N–H and O–H groups in total. The molecule has 0 saturated carbocycles. The number of fused-ring (bicyclic) bond motifs is 2. The highest BCUT2D eigenvalue weighted by atomic mass is 32.2. The summed E-state index contributed by atoms with van der Waals surface area (Å²) in [6.45, 7) is 1.01. The number of rotatable bonds is 6. The second-order valence-corrected chi connectivity index (χ2v) is 12.4. The number of sulfonamides is 1. The van der Waals surface area contributed by atoms with Gasteiger partial charge in [0.15, 0.2) is 0 Å². The number of aromatic amines is 1. The molecule has 1 saturated heterocycles. The lowest BCUT2D eigenvalue weighted by molar-refractivity contribution is 0.0964. The van der Waals surface area contributed by atoms with E-state index < -0.39 is 27.8 Å². The number of anilines is 1. The molecule has 1 amide bonds. The van der Waals surface area contributed by atoms with Crippen molar-refractivity contribution in [1.82, 2.24) is 20.9 Å². The average molecular weight is 594 g/mol. The Hall–Kier alpha value is -4.26. The average Bonchev–Trinajstić information content (AvgIpc) is 3.58. The first-order valence-corrected chi connectivity index (χ1v) is 15.2. The van der Waals surface area contributed by atoms with E-state index in [2.05, 4.69) is 20.9 Å². The topological polar surface area (TPSA) is 119 Å². The predicted molar refractivity (Wildman–Crippen MR) is 158 cm³/mol. The molecule has 2 aromatic heterocycles. The third kappa shape index (κ3) is 4.91. The zero-order valence-electron chi connectivity index (χ0n) is 23.1. The molecule has 42 heavy (non-hydrogen) atoms. The van der Waals surface area contributed by atoms with Crippen molar-refractivity contribution >= 4 is 43.5 Å². The third-order valence-electron chi connectivity index (χ3n) is 7.72. The van der Waals surface area contributed by atoms with Gasteiger partial charge in [-0.1, -0.05) is 6.07 Å². The molecule has 5 aromatic rings. The van der Waals surface area contributed by atoms with Gasteiger partial charge in [-0.15, -0.1) is 0 Å². The molecule has 9 nitrogen and oxygen atoms in total. The molecule has 12 heteroatoms. The van der Waals surface area contributed by atoms with Crippen molar-refractivity contribution in [1.29, 1.82) is 0 Å².